The quantitative estimate of drug-likeness (QED) is 0.904. The Balaban J connectivity index is 2.24. The van der Waals surface area contributed by atoms with E-state index >= 15 is 0 Å². The van der Waals surface area contributed by atoms with E-state index in [4.69, 9.17) is 11.6 Å². The Bertz CT molecular complexity index is 664. The normalized spacial score (nSPS) is 11.5. The number of aromatic nitrogens is 1. The van der Waals surface area contributed by atoms with Crippen LogP contribution in [-0.2, 0) is 0 Å². The van der Waals surface area contributed by atoms with Gasteiger partial charge in [-0.05, 0) is 26.8 Å². The second kappa shape index (κ2) is 6.77. The van der Waals surface area contributed by atoms with E-state index in [0.717, 1.165) is 5.56 Å². The Morgan fingerprint density at radius 3 is 2.68 bits per heavy atom. The fourth-order valence-electron chi connectivity index (χ4n) is 2.08. The number of hydrogen-bond acceptors (Lipinski definition) is 4. The standard InChI is InChI=1S/C16H19ClN2O2S/c1-4-19(10-16(2,3)21)15(20)13-9-18-14(22-13)11-7-5-6-8-12(11)17/h5-9,21H,4,10H2,1-3H3. The number of benzene rings is 1. The van der Waals surface area contributed by atoms with Gasteiger partial charge in [-0.3, -0.25) is 4.79 Å². The largest absolute Gasteiger partial charge is 0.389 e. The predicted molar refractivity (Wildman–Crippen MR) is 90.4 cm³/mol. The van der Waals surface area contributed by atoms with Crippen molar-refractivity contribution in [2.24, 2.45) is 0 Å². The summed E-state index contributed by atoms with van der Waals surface area (Å²) in [4.78, 5) is 19.0. The van der Waals surface area contributed by atoms with Gasteiger partial charge < -0.3 is 10.0 Å². The number of aliphatic hydroxyl groups is 1. The number of hydrogen-bond donors (Lipinski definition) is 1. The number of halogens is 1. The van der Waals surface area contributed by atoms with Gasteiger partial charge in [0.1, 0.15) is 9.88 Å². The van der Waals surface area contributed by atoms with Crippen LogP contribution in [0.15, 0.2) is 30.5 Å². The first kappa shape index (κ1) is 16.9. The second-order valence-corrected chi connectivity index (χ2v) is 7.08. The minimum atomic E-state index is -0.929. The van der Waals surface area contributed by atoms with Crippen LogP contribution >= 0.6 is 22.9 Å². The van der Waals surface area contributed by atoms with Crippen LogP contribution in [0.2, 0.25) is 5.02 Å². The molecular weight excluding hydrogens is 320 g/mol. The molecule has 0 spiro atoms. The van der Waals surface area contributed by atoms with E-state index in [9.17, 15) is 9.90 Å². The minimum Gasteiger partial charge on any atom is -0.389 e. The number of amides is 1. The molecule has 1 aromatic heterocycles. The summed E-state index contributed by atoms with van der Waals surface area (Å²) in [6.07, 6.45) is 1.57. The van der Waals surface area contributed by atoms with Crippen molar-refractivity contribution >= 4 is 28.8 Å². The third kappa shape index (κ3) is 4.06. The fourth-order valence-corrected chi connectivity index (χ4v) is 3.29. The minimum absolute atomic E-state index is 0.125. The highest BCUT2D eigenvalue weighted by molar-refractivity contribution is 7.17. The van der Waals surface area contributed by atoms with Gasteiger partial charge in [-0.25, -0.2) is 4.98 Å². The summed E-state index contributed by atoms with van der Waals surface area (Å²) in [5, 5.41) is 11.2. The van der Waals surface area contributed by atoms with Crippen molar-refractivity contribution in [3.05, 3.63) is 40.4 Å². The molecule has 2 aromatic rings. The first-order valence-corrected chi connectivity index (χ1v) is 8.23. The maximum atomic E-state index is 12.5. The zero-order valence-corrected chi connectivity index (χ0v) is 14.4. The molecule has 0 atom stereocenters. The monoisotopic (exact) mass is 338 g/mol. The highest BCUT2D eigenvalue weighted by Crippen LogP contribution is 2.31. The molecule has 4 nitrogen and oxygen atoms in total. The Kier molecular flexibility index (Phi) is 5.21. The Labute approximate surface area is 139 Å². The molecule has 1 amide bonds. The maximum absolute atomic E-state index is 12.5. The van der Waals surface area contributed by atoms with E-state index < -0.39 is 5.60 Å². The van der Waals surface area contributed by atoms with Crippen LogP contribution < -0.4 is 0 Å². The lowest BCUT2D eigenvalue weighted by Gasteiger charge is -2.27. The van der Waals surface area contributed by atoms with Gasteiger partial charge in [0.05, 0.1) is 16.8 Å². The van der Waals surface area contributed by atoms with Gasteiger partial charge in [-0.15, -0.1) is 11.3 Å². The Morgan fingerprint density at radius 2 is 2.09 bits per heavy atom. The molecule has 0 radical (unpaired) electrons. The van der Waals surface area contributed by atoms with Crippen molar-refractivity contribution in [3.63, 3.8) is 0 Å². The number of nitrogens with zero attached hydrogens (tertiary/aromatic N) is 2. The Morgan fingerprint density at radius 1 is 1.41 bits per heavy atom. The van der Waals surface area contributed by atoms with Gasteiger partial charge in [0.15, 0.2) is 0 Å². The van der Waals surface area contributed by atoms with Crippen molar-refractivity contribution in [1.82, 2.24) is 9.88 Å². The molecule has 0 aliphatic carbocycles. The third-order valence-electron chi connectivity index (χ3n) is 3.07. The molecule has 6 heteroatoms. The van der Waals surface area contributed by atoms with Gasteiger partial charge in [-0.2, -0.15) is 0 Å². The number of likely N-dealkylation sites (N-methyl/N-ethyl adjacent to an activating group) is 1. The molecule has 2 rings (SSSR count). The molecule has 22 heavy (non-hydrogen) atoms. The lowest BCUT2D eigenvalue weighted by Crippen LogP contribution is -2.41. The Hall–Kier alpha value is -1.43. The molecular formula is C16H19ClN2O2S. The van der Waals surface area contributed by atoms with Gasteiger partial charge in [0, 0.05) is 18.7 Å². The maximum Gasteiger partial charge on any atom is 0.265 e. The van der Waals surface area contributed by atoms with Crippen LogP contribution in [-0.4, -0.2) is 39.6 Å². The van der Waals surface area contributed by atoms with E-state index in [1.54, 1.807) is 31.0 Å². The van der Waals surface area contributed by atoms with Crippen LogP contribution in [0.4, 0.5) is 0 Å². The number of rotatable bonds is 5. The third-order valence-corrected chi connectivity index (χ3v) is 4.42. The highest BCUT2D eigenvalue weighted by Gasteiger charge is 2.24. The topological polar surface area (TPSA) is 53.4 Å². The molecule has 1 aromatic carbocycles. The molecule has 0 unspecified atom stereocenters. The number of thiazole rings is 1. The van der Waals surface area contributed by atoms with E-state index in [2.05, 4.69) is 4.98 Å². The molecule has 1 heterocycles. The smallest absolute Gasteiger partial charge is 0.265 e. The molecule has 0 saturated carbocycles. The fraction of sp³-hybridized carbons (Fsp3) is 0.375. The molecule has 118 valence electrons. The zero-order chi connectivity index (χ0) is 16.3. The van der Waals surface area contributed by atoms with Crippen molar-refractivity contribution in [2.45, 2.75) is 26.4 Å². The van der Waals surface area contributed by atoms with Crippen molar-refractivity contribution < 1.29 is 9.90 Å². The van der Waals surface area contributed by atoms with Gasteiger partial charge in [0.2, 0.25) is 0 Å². The number of carbonyl (C=O) groups is 1. The van der Waals surface area contributed by atoms with Gasteiger partial charge in [-0.1, -0.05) is 29.8 Å². The van der Waals surface area contributed by atoms with Crippen LogP contribution in [0.5, 0.6) is 0 Å². The summed E-state index contributed by atoms with van der Waals surface area (Å²) in [6, 6.07) is 7.42. The average Bonchev–Trinajstić information content (AvgIpc) is 2.93. The molecule has 0 fully saturated rings. The molecule has 0 saturated heterocycles. The summed E-state index contributed by atoms with van der Waals surface area (Å²) < 4.78 is 0. The van der Waals surface area contributed by atoms with Crippen molar-refractivity contribution in [1.29, 1.82) is 0 Å². The highest BCUT2D eigenvalue weighted by atomic mass is 35.5. The zero-order valence-electron chi connectivity index (χ0n) is 12.8. The van der Waals surface area contributed by atoms with E-state index in [-0.39, 0.29) is 12.5 Å². The summed E-state index contributed by atoms with van der Waals surface area (Å²) in [7, 11) is 0. The summed E-state index contributed by atoms with van der Waals surface area (Å²) in [5.74, 6) is -0.125. The molecule has 1 N–H and O–H groups in total. The van der Waals surface area contributed by atoms with Crippen LogP contribution in [0.25, 0.3) is 10.6 Å². The summed E-state index contributed by atoms with van der Waals surface area (Å²) in [6.45, 7) is 6.07. The average molecular weight is 339 g/mol. The van der Waals surface area contributed by atoms with Crippen LogP contribution in [0.3, 0.4) is 0 Å². The molecule has 0 aliphatic rings. The summed E-state index contributed by atoms with van der Waals surface area (Å²) >= 11 is 7.47. The molecule has 0 bridgehead atoms. The predicted octanol–water partition coefficient (Wildman–Crippen LogP) is 3.70. The lowest BCUT2D eigenvalue weighted by atomic mass is 10.1. The van der Waals surface area contributed by atoms with Crippen LogP contribution in [0, 0.1) is 0 Å². The van der Waals surface area contributed by atoms with E-state index in [1.807, 2.05) is 25.1 Å². The lowest BCUT2D eigenvalue weighted by molar-refractivity contribution is 0.0317. The van der Waals surface area contributed by atoms with Gasteiger partial charge in [0.25, 0.3) is 5.91 Å². The van der Waals surface area contributed by atoms with E-state index in [1.165, 1.54) is 11.3 Å². The first-order valence-electron chi connectivity index (χ1n) is 7.04. The summed E-state index contributed by atoms with van der Waals surface area (Å²) in [5.41, 5.74) is -0.110. The van der Waals surface area contributed by atoms with Crippen molar-refractivity contribution in [3.8, 4) is 10.6 Å². The van der Waals surface area contributed by atoms with Gasteiger partial charge >= 0.3 is 0 Å². The van der Waals surface area contributed by atoms with Crippen molar-refractivity contribution in [2.75, 3.05) is 13.1 Å². The number of carbonyl (C=O) groups excluding carboxylic acids is 1. The molecule has 0 aliphatic heterocycles. The van der Waals surface area contributed by atoms with E-state index in [0.29, 0.717) is 21.5 Å². The second-order valence-electron chi connectivity index (χ2n) is 5.64. The SMILES string of the molecule is CCN(CC(C)(C)O)C(=O)c1cnc(-c2ccccc2Cl)s1. The first-order chi connectivity index (χ1) is 10.3. The van der Waals surface area contributed by atoms with Crippen LogP contribution in [0.1, 0.15) is 30.4 Å².